The molecule has 1 aliphatic rings. The van der Waals surface area contributed by atoms with Gasteiger partial charge in [-0.1, -0.05) is 12.1 Å². The quantitative estimate of drug-likeness (QED) is 0.826. The van der Waals surface area contributed by atoms with Gasteiger partial charge < -0.3 is 24.8 Å². The van der Waals surface area contributed by atoms with Crippen LogP contribution in [0.25, 0.3) is 0 Å². The van der Waals surface area contributed by atoms with E-state index in [1.165, 1.54) is 12.1 Å². The van der Waals surface area contributed by atoms with Gasteiger partial charge in [0.2, 0.25) is 0 Å². The Labute approximate surface area is 138 Å². The summed E-state index contributed by atoms with van der Waals surface area (Å²) in [5, 5.41) is 5.32. The van der Waals surface area contributed by atoms with Crippen molar-refractivity contribution in [3.05, 3.63) is 48.3 Å². The van der Waals surface area contributed by atoms with Crippen molar-refractivity contribution in [2.75, 3.05) is 31.7 Å². The van der Waals surface area contributed by atoms with Crippen LogP contribution in [0.2, 0.25) is 0 Å². The molecule has 0 saturated carbocycles. The van der Waals surface area contributed by atoms with Crippen molar-refractivity contribution in [2.24, 2.45) is 0 Å². The van der Waals surface area contributed by atoms with Crippen LogP contribution in [0.3, 0.4) is 0 Å². The number of rotatable bonds is 5. The SMILES string of the molecule is O=C(NCCOc1ccccc1F)Nc1ccc2c(c1)OCCO2. The zero-order chi connectivity index (χ0) is 16.8. The number of anilines is 1. The fourth-order valence-electron chi connectivity index (χ4n) is 2.18. The Kier molecular flexibility index (Phi) is 5.00. The lowest BCUT2D eigenvalue weighted by Crippen LogP contribution is -2.32. The number of urea groups is 1. The molecule has 126 valence electrons. The van der Waals surface area contributed by atoms with Gasteiger partial charge in [-0.3, -0.25) is 0 Å². The van der Waals surface area contributed by atoms with E-state index in [1.54, 1.807) is 30.3 Å². The van der Waals surface area contributed by atoms with E-state index in [0.29, 0.717) is 30.4 Å². The Balaban J connectivity index is 1.43. The Morgan fingerprint density at radius 1 is 1.12 bits per heavy atom. The number of carbonyl (C=O) groups is 1. The summed E-state index contributed by atoms with van der Waals surface area (Å²) in [4.78, 5) is 11.8. The van der Waals surface area contributed by atoms with Crippen molar-refractivity contribution in [3.63, 3.8) is 0 Å². The van der Waals surface area contributed by atoms with E-state index in [1.807, 2.05) is 0 Å². The highest BCUT2D eigenvalue weighted by atomic mass is 19.1. The standard InChI is InChI=1S/C17H17FN2O4/c18-13-3-1-2-4-14(13)22-8-7-19-17(21)20-12-5-6-15-16(11-12)24-10-9-23-15/h1-6,11H,7-10H2,(H2,19,20,21). The topological polar surface area (TPSA) is 68.8 Å². The van der Waals surface area contributed by atoms with Crippen LogP contribution < -0.4 is 24.8 Å². The second-order valence-electron chi connectivity index (χ2n) is 5.02. The minimum Gasteiger partial charge on any atom is -0.489 e. The lowest BCUT2D eigenvalue weighted by Gasteiger charge is -2.19. The number of ether oxygens (including phenoxy) is 3. The highest BCUT2D eigenvalue weighted by Crippen LogP contribution is 2.32. The number of para-hydroxylation sites is 1. The van der Waals surface area contributed by atoms with E-state index in [0.717, 1.165) is 0 Å². The smallest absolute Gasteiger partial charge is 0.319 e. The van der Waals surface area contributed by atoms with Crippen LogP contribution in [-0.2, 0) is 0 Å². The van der Waals surface area contributed by atoms with Crippen LogP contribution in [0.5, 0.6) is 17.2 Å². The van der Waals surface area contributed by atoms with Gasteiger partial charge in [-0.25, -0.2) is 9.18 Å². The summed E-state index contributed by atoms with van der Waals surface area (Å²) in [5.74, 6) is 0.984. The first kappa shape index (κ1) is 15.9. The van der Waals surface area contributed by atoms with E-state index < -0.39 is 5.82 Å². The predicted molar refractivity (Wildman–Crippen MR) is 86.3 cm³/mol. The molecule has 0 aliphatic carbocycles. The van der Waals surface area contributed by atoms with E-state index in [2.05, 4.69) is 10.6 Å². The molecule has 3 rings (SSSR count). The summed E-state index contributed by atoms with van der Waals surface area (Å²) in [6.45, 7) is 1.40. The number of hydrogen-bond acceptors (Lipinski definition) is 4. The van der Waals surface area contributed by atoms with Crippen LogP contribution in [0, 0.1) is 5.82 Å². The average Bonchev–Trinajstić information content (AvgIpc) is 2.60. The molecule has 6 nitrogen and oxygen atoms in total. The van der Waals surface area contributed by atoms with Crippen LogP contribution in [0.4, 0.5) is 14.9 Å². The summed E-state index contributed by atoms with van der Waals surface area (Å²) in [7, 11) is 0. The first-order valence-electron chi connectivity index (χ1n) is 7.54. The maximum Gasteiger partial charge on any atom is 0.319 e. The molecular formula is C17H17FN2O4. The lowest BCUT2D eigenvalue weighted by atomic mass is 10.2. The normalized spacial score (nSPS) is 12.4. The summed E-state index contributed by atoms with van der Waals surface area (Å²) < 4.78 is 29.5. The molecule has 24 heavy (non-hydrogen) atoms. The minimum atomic E-state index is -0.432. The number of hydrogen-bond donors (Lipinski definition) is 2. The Morgan fingerprint density at radius 3 is 2.75 bits per heavy atom. The number of nitrogens with one attached hydrogen (secondary N) is 2. The van der Waals surface area contributed by atoms with Crippen molar-refractivity contribution in [1.82, 2.24) is 5.32 Å². The van der Waals surface area contributed by atoms with Crippen molar-refractivity contribution in [3.8, 4) is 17.2 Å². The molecule has 2 aromatic carbocycles. The molecule has 2 N–H and O–H groups in total. The maximum atomic E-state index is 13.4. The summed E-state index contributed by atoms with van der Waals surface area (Å²) >= 11 is 0. The third kappa shape index (κ3) is 4.07. The number of benzene rings is 2. The summed E-state index contributed by atoms with van der Waals surface area (Å²) in [5.41, 5.74) is 0.590. The van der Waals surface area contributed by atoms with Gasteiger partial charge in [0.05, 0.1) is 6.54 Å². The van der Waals surface area contributed by atoms with Gasteiger partial charge in [0.1, 0.15) is 19.8 Å². The second-order valence-corrected chi connectivity index (χ2v) is 5.02. The summed E-state index contributed by atoms with van der Waals surface area (Å²) in [6.07, 6.45) is 0. The van der Waals surface area contributed by atoms with Gasteiger partial charge >= 0.3 is 6.03 Å². The third-order valence-electron chi connectivity index (χ3n) is 3.28. The van der Waals surface area contributed by atoms with Gasteiger partial charge in [-0.05, 0) is 24.3 Å². The van der Waals surface area contributed by atoms with Crippen molar-refractivity contribution in [1.29, 1.82) is 0 Å². The number of carbonyl (C=O) groups excluding carboxylic acids is 1. The third-order valence-corrected chi connectivity index (χ3v) is 3.28. The molecule has 2 amide bonds. The van der Waals surface area contributed by atoms with Crippen molar-refractivity contribution < 1.29 is 23.4 Å². The lowest BCUT2D eigenvalue weighted by molar-refractivity contribution is 0.171. The molecule has 1 heterocycles. The first-order valence-corrected chi connectivity index (χ1v) is 7.54. The van der Waals surface area contributed by atoms with Gasteiger partial charge in [0.15, 0.2) is 23.1 Å². The first-order chi connectivity index (χ1) is 11.7. The fourth-order valence-corrected chi connectivity index (χ4v) is 2.18. The molecule has 7 heteroatoms. The van der Waals surface area contributed by atoms with Gasteiger partial charge in [-0.2, -0.15) is 0 Å². The van der Waals surface area contributed by atoms with E-state index in [9.17, 15) is 9.18 Å². The van der Waals surface area contributed by atoms with E-state index >= 15 is 0 Å². The molecule has 0 bridgehead atoms. The molecule has 0 radical (unpaired) electrons. The molecular weight excluding hydrogens is 315 g/mol. The number of fused-ring (bicyclic) bond motifs is 1. The van der Waals surface area contributed by atoms with E-state index in [-0.39, 0.29) is 24.9 Å². The van der Waals surface area contributed by atoms with Crippen molar-refractivity contribution >= 4 is 11.7 Å². The molecule has 0 spiro atoms. The molecule has 2 aromatic rings. The Morgan fingerprint density at radius 2 is 1.92 bits per heavy atom. The maximum absolute atomic E-state index is 13.4. The summed E-state index contributed by atoms with van der Waals surface area (Å²) in [6, 6.07) is 10.9. The average molecular weight is 332 g/mol. The number of halogens is 1. The molecule has 0 saturated heterocycles. The Hall–Kier alpha value is -2.96. The second kappa shape index (κ2) is 7.54. The molecule has 1 aliphatic heterocycles. The van der Waals surface area contributed by atoms with Crippen LogP contribution >= 0.6 is 0 Å². The number of amides is 2. The largest absolute Gasteiger partial charge is 0.489 e. The molecule has 0 aromatic heterocycles. The van der Waals surface area contributed by atoms with Gasteiger partial charge in [0, 0.05) is 11.8 Å². The van der Waals surface area contributed by atoms with Crippen molar-refractivity contribution in [2.45, 2.75) is 0 Å². The molecule has 0 unspecified atom stereocenters. The highest BCUT2D eigenvalue weighted by molar-refractivity contribution is 5.89. The van der Waals surface area contributed by atoms with Crippen LogP contribution in [0.1, 0.15) is 0 Å². The van der Waals surface area contributed by atoms with Crippen LogP contribution in [-0.4, -0.2) is 32.4 Å². The molecule has 0 fully saturated rings. The Bertz CT molecular complexity index is 723. The minimum absolute atomic E-state index is 0.159. The zero-order valence-electron chi connectivity index (χ0n) is 12.9. The molecule has 0 atom stereocenters. The van der Waals surface area contributed by atoms with Gasteiger partial charge in [-0.15, -0.1) is 0 Å². The van der Waals surface area contributed by atoms with Gasteiger partial charge in [0.25, 0.3) is 0 Å². The van der Waals surface area contributed by atoms with Crippen LogP contribution in [0.15, 0.2) is 42.5 Å². The van der Waals surface area contributed by atoms with E-state index in [4.69, 9.17) is 14.2 Å². The monoisotopic (exact) mass is 332 g/mol. The predicted octanol–water partition coefficient (Wildman–Crippen LogP) is 2.80. The fraction of sp³-hybridized carbons (Fsp3) is 0.235. The highest BCUT2D eigenvalue weighted by Gasteiger charge is 2.12. The zero-order valence-corrected chi connectivity index (χ0v) is 12.9.